The molecular formula is C16H17N3OS. The molecule has 0 bridgehead atoms. The molecule has 4 nitrogen and oxygen atoms in total. The third-order valence-electron chi connectivity index (χ3n) is 3.22. The van der Waals surface area contributed by atoms with Crippen LogP contribution in [0.2, 0.25) is 0 Å². The molecule has 0 spiro atoms. The van der Waals surface area contributed by atoms with Gasteiger partial charge in [0.15, 0.2) is 0 Å². The molecule has 2 aromatic heterocycles. The summed E-state index contributed by atoms with van der Waals surface area (Å²) in [6.45, 7) is 1.93. The first-order valence-electron chi connectivity index (χ1n) is 6.83. The summed E-state index contributed by atoms with van der Waals surface area (Å²) in [6.07, 6.45) is 3.81. The van der Waals surface area contributed by atoms with Crippen molar-refractivity contribution in [3.8, 4) is 16.5 Å². The average Bonchev–Trinajstić information content (AvgIpc) is 3.18. The van der Waals surface area contributed by atoms with E-state index in [-0.39, 0.29) is 0 Å². The van der Waals surface area contributed by atoms with Crippen molar-refractivity contribution in [3.05, 3.63) is 59.7 Å². The van der Waals surface area contributed by atoms with Crippen LogP contribution in [0, 0.1) is 0 Å². The molecule has 108 valence electrons. The van der Waals surface area contributed by atoms with Gasteiger partial charge in [0, 0.05) is 18.9 Å². The average molecular weight is 299 g/mol. The molecule has 5 heteroatoms. The third-order valence-corrected chi connectivity index (χ3v) is 4.08. The van der Waals surface area contributed by atoms with Crippen molar-refractivity contribution < 1.29 is 4.74 Å². The van der Waals surface area contributed by atoms with E-state index in [4.69, 9.17) is 10.5 Å². The Kier molecular flexibility index (Phi) is 4.33. The SMILES string of the molecule is NCc1ccc(OCCn2ccnc2-c2cccs2)cc1. The van der Waals surface area contributed by atoms with Crippen LogP contribution in [0.25, 0.3) is 10.7 Å². The highest BCUT2D eigenvalue weighted by molar-refractivity contribution is 7.13. The zero-order chi connectivity index (χ0) is 14.5. The third kappa shape index (κ3) is 3.32. The van der Waals surface area contributed by atoms with Crippen molar-refractivity contribution in [2.45, 2.75) is 13.1 Å². The van der Waals surface area contributed by atoms with Crippen molar-refractivity contribution in [1.82, 2.24) is 9.55 Å². The zero-order valence-electron chi connectivity index (χ0n) is 11.6. The summed E-state index contributed by atoms with van der Waals surface area (Å²) in [5.41, 5.74) is 6.69. The molecule has 0 fully saturated rings. The largest absolute Gasteiger partial charge is 0.492 e. The monoisotopic (exact) mass is 299 g/mol. The normalized spacial score (nSPS) is 10.7. The van der Waals surface area contributed by atoms with Gasteiger partial charge in [-0.2, -0.15) is 0 Å². The van der Waals surface area contributed by atoms with Gasteiger partial charge in [-0.15, -0.1) is 11.3 Å². The number of ether oxygens (including phenoxy) is 1. The Morgan fingerprint density at radius 1 is 1.19 bits per heavy atom. The Hall–Kier alpha value is -2.11. The standard InChI is InChI=1S/C16H17N3OS/c17-12-13-3-5-14(6-4-13)20-10-9-19-8-7-18-16(19)15-2-1-11-21-15/h1-8,11H,9-10,12,17H2. The Labute approximate surface area is 127 Å². The zero-order valence-corrected chi connectivity index (χ0v) is 12.4. The first kappa shape index (κ1) is 13.9. The molecule has 1 aromatic carbocycles. The van der Waals surface area contributed by atoms with E-state index >= 15 is 0 Å². The molecule has 0 aliphatic heterocycles. The van der Waals surface area contributed by atoms with Crippen molar-refractivity contribution in [2.24, 2.45) is 5.73 Å². The van der Waals surface area contributed by atoms with Crippen LogP contribution in [0.4, 0.5) is 0 Å². The van der Waals surface area contributed by atoms with Gasteiger partial charge in [-0.05, 0) is 29.1 Å². The summed E-state index contributed by atoms with van der Waals surface area (Å²) >= 11 is 1.69. The van der Waals surface area contributed by atoms with Crippen molar-refractivity contribution in [2.75, 3.05) is 6.61 Å². The van der Waals surface area contributed by atoms with E-state index in [1.807, 2.05) is 42.7 Å². The molecule has 0 amide bonds. The van der Waals surface area contributed by atoms with Gasteiger partial charge in [0.2, 0.25) is 0 Å². The smallest absolute Gasteiger partial charge is 0.150 e. The number of thiophene rings is 1. The van der Waals surface area contributed by atoms with Crippen LogP contribution in [-0.4, -0.2) is 16.2 Å². The number of hydrogen-bond acceptors (Lipinski definition) is 4. The fraction of sp³-hybridized carbons (Fsp3) is 0.188. The fourth-order valence-electron chi connectivity index (χ4n) is 2.10. The summed E-state index contributed by atoms with van der Waals surface area (Å²) in [7, 11) is 0. The van der Waals surface area contributed by atoms with Crippen LogP contribution in [0.15, 0.2) is 54.2 Å². The molecule has 0 aliphatic rings. The molecule has 0 saturated heterocycles. The second-order valence-electron chi connectivity index (χ2n) is 4.62. The Morgan fingerprint density at radius 2 is 2.05 bits per heavy atom. The molecule has 3 rings (SSSR count). The molecule has 0 radical (unpaired) electrons. The number of aromatic nitrogens is 2. The van der Waals surface area contributed by atoms with Gasteiger partial charge < -0.3 is 15.0 Å². The minimum Gasteiger partial charge on any atom is -0.492 e. The minimum atomic E-state index is 0.555. The number of nitrogens with two attached hydrogens (primary N) is 1. The molecule has 0 unspecified atom stereocenters. The van der Waals surface area contributed by atoms with Gasteiger partial charge in [-0.25, -0.2) is 4.98 Å². The first-order valence-corrected chi connectivity index (χ1v) is 7.71. The number of imidazole rings is 1. The van der Waals surface area contributed by atoms with Gasteiger partial charge in [-0.3, -0.25) is 0 Å². The van der Waals surface area contributed by atoms with Gasteiger partial charge in [0.1, 0.15) is 18.2 Å². The number of benzene rings is 1. The fourth-order valence-corrected chi connectivity index (χ4v) is 2.84. The lowest BCUT2D eigenvalue weighted by molar-refractivity contribution is 0.299. The van der Waals surface area contributed by atoms with E-state index in [0.29, 0.717) is 13.2 Å². The van der Waals surface area contributed by atoms with Crippen LogP contribution < -0.4 is 10.5 Å². The second kappa shape index (κ2) is 6.56. The quantitative estimate of drug-likeness (QED) is 0.760. The highest BCUT2D eigenvalue weighted by Gasteiger charge is 2.06. The summed E-state index contributed by atoms with van der Waals surface area (Å²) in [5.74, 6) is 1.86. The van der Waals surface area contributed by atoms with E-state index in [9.17, 15) is 0 Å². The van der Waals surface area contributed by atoms with Gasteiger partial charge in [0.05, 0.1) is 11.4 Å². The Morgan fingerprint density at radius 3 is 2.76 bits per heavy atom. The van der Waals surface area contributed by atoms with Gasteiger partial charge in [-0.1, -0.05) is 18.2 Å². The van der Waals surface area contributed by atoms with E-state index in [2.05, 4.69) is 21.0 Å². The van der Waals surface area contributed by atoms with E-state index in [0.717, 1.165) is 23.7 Å². The lowest BCUT2D eigenvalue weighted by Gasteiger charge is -2.09. The Balaban J connectivity index is 1.59. The summed E-state index contributed by atoms with van der Waals surface area (Å²) in [4.78, 5) is 5.58. The van der Waals surface area contributed by atoms with Crippen molar-refractivity contribution in [3.63, 3.8) is 0 Å². The van der Waals surface area contributed by atoms with Gasteiger partial charge in [0.25, 0.3) is 0 Å². The maximum absolute atomic E-state index is 5.77. The van der Waals surface area contributed by atoms with Gasteiger partial charge >= 0.3 is 0 Å². The highest BCUT2D eigenvalue weighted by atomic mass is 32.1. The molecule has 21 heavy (non-hydrogen) atoms. The predicted molar refractivity (Wildman–Crippen MR) is 85.4 cm³/mol. The molecular weight excluding hydrogens is 282 g/mol. The highest BCUT2D eigenvalue weighted by Crippen LogP contribution is 2.22. The molecule has 3 aromatic rings. The second-order valence-corrected chi connectivity index (χ2v) is 5.57. The van der Waals surface area contributed by atoms with Crippen molar-refractivity contribution >= 4 is 11.3 Å². The first-order chi connectivity index (χ1) is 10.4. The Bertz CT molecular complexity index is 674. The molecule has 2 N–H and O–H groups in total. The summed E-state index contributed by atoms with van der Waals surface area (Å²) in [5, 5.41) is 2.06. The van der Waals surface area contributed by atoms with E-state index in [1.165, 1.54) is 4.88 Å². The van der Waals surface area contributed by atoms with Crippen molar-refractivity contribution in [1.29, 1.82) is 0 Å². The number of nitrogens with zero attached hydrogens (tertiary/aromatic N) is 2. The predicted octanol–water partition coefficient (Wildman–Crippen LogP) is 3.15. The maximum Gasteiger partial charge on any atom is 0.150 e. The van der Waals surface area contributed by atoms with Crippen LogP contribution in [-0.2, 0) is 13.1 Å². The van der Waals surface area contributed by atoms with E-state index < -0.39 is 0 Å². The topological polar surface area (TPSA) is 53.1 Å². The van der Waals surface area contributed by atoms with E-state index in [1.54, 1.807) is 11.3 Å². The summed E-state index contributed by atoms with van der Waals surface area (Å²) < 4.78 is 7.88. The minimum absolute atomic E-state index is 0.555. The molecule has 0 aliphatic carbocycles. The van der Waals surface area contributed by atoms with Crippen LogP contribution in [0.1, 0.15) is 5.56 Å². The lowest BCUT2D eigenvalue weighted by atomic mass is 10.2. The van der Waals surface area contributed by atoms with Crippen LogP contribution in [0.3, 0.4) is 0 Å². The summed E-state index contributed by atoms with van der Waals surface area (Å²) in [6, 6.07) is 12.0. The van der Waals surface area contributed by atoms with Crippen LogP contribution in [0.5, 0.6) is 5.75 Å². The molecule has 2 heterocycles. The lowest BCUT2D eigenvalue weighted by Crippen LogP contribution is -2.08. The number of rotatable bonds is 6. The number of hydrogen-bond donors (Lipinski definition) is 1. The maximum atomic E-state index is 5.77. The molecule has 0 saturated carbocycles. The molecule has 0 atom stereocenters. The van der Waals surface area contributed by atoms with Crippen LogP contribution >= 0.6 is 11.3 Å².